The Kier molecular flexibility index (Phi) is 5.83. The Morgan fingerprint density at radius 3 is 2.47 bits per heavy atom. The third-order valence-corrected chi connectivity index (χ3v) is 3.09. The van der Waals surface area contributed by atoms with Gasteiger partial charge in [0.2, 0.25) is 0 Å². The van der Waals surface area contributed by atoms with Gasteiger partial charge >= 0.3 is 0 Å². The topological polar surface area (TPSA) is 35.5 Å². The maximum Gasteiger partial charge on any atom is 0.0528 e. The van der Waals surface area contributed by atoms with Gasteiger partial charge in [-0.2, -0.15) is 0 Å². The van der Waals surface area contributed by atoms with Gasteiger partial charge in [0.25, 0.3) is 0 Å². The molecule has 19 heavy (non-hydrogen) atoms. The zero-order chi connectivity index (χ0) is 14.5. The zero-order valence-electron chi connectivity index (χ0n) is 12.9. The fourth-order valence-corrected chi connectivity index (χ4v) is 1.89. The smallest absolute Gasteiger partial charge is 0.0528 e. The molecule has 1 unspecified atom stereocenters. The van der Waals surface area contributed by atoms with Gasteiger partial charge in [0.15, 0.2) is 0 Å². The van der Waals surface area contributed by atoms with Crippen LogP contribution in [-0.4, -0.2) is 30.3 Å². The minimum Gasteiger partial charge on any atom is -0.393 e. The van der Waals surface area contributed by atoms with Crippen molar-refractivity contribution >= 4 is 5.69 Å². The van der Waals surface area contributed by atoms with E-state index in [-0.39, 0.29) is 11.6 Å². The number of para-hydroxylation sites is 1. The van der Waals surface area contributed by atoms with E-state index >= 15 is 0 Å². The maximum atomic E-state index is 9.39. The largest absolute Gasteiger partial charge is 0.393 e. The Bertz CT molecular complexity index is 383. The number of nitrogens with one attached hydrogen (secondary N) is 1. The van der Waals surface area contributed by atoms with Gasteiger partial charge in [-0.05, 0) is 45.7 Å². The summed E-state index contributed by atoms with van der Waals surface area (Å²) in [5, 5.41) is 12.9. The van der Waals surface area contributed by atoms with Crippen LogP contribution in [0.5, 0.6) is 0 Å². The van der Waals surface area contributed by atoms with Crippen molar-refractivity contribution < 1.29 is 5.11 Å². The molecule has 0 aliphatic rings. The highest BCUT2D eigenvalue weighted by Crippen LogP contribution is 2.20. The second kappa shape index (κ2) is 6.92. The molecule has 0 heterocycles. The SMILES string of the molecule is CC(O)CCN(C)c1ccccc1CNC(C)(C)C. The van der Waals surface area contributed by atoms with Crippen LogP contribution in [0.2, 0.25) is 0 Å². The number of hydrogen-bond donors (Lipinski definition) is 2. The lowest BCUT2D eigenvalue weighted by molar-refractivity contribution is 0.187. The molecule has 3 nitrogen and oxygen atoms in total. The van der Waals surface area contributed by atoms with Gasteiger partial charge in [-0.15, -0.1) is 0 Å². The number of aliphatic hydroxyl groups is 1. The van der Waals surface area contributed by atoms with E-state index in [0.29, 0.717) is 0 Å². The summed E-state index contributed by atoms with van der Waals surface area (Å²) in [6.45, 7) is 10.1. The van der Waals surface area contributed by atoms with Crippen LogP contribution >= 0.6 is 0 Å². The van der Waals surface area contributed by atoms with Crippen LogP contribution in [0, 0.1) is 0 Å². The van der Waals surface area contributed by atoms with Crippen molar-refractivity contribution in [1.82, 2.24) is 5.32 Å². The van der Waals surface area contributed by atoms with E-state index in [1.165, 1.54) is 11.3 Å². The quantitative estimate of drug-likeness (QED) is 0.829. The van der Waals surface area contributed by atoms with Crippen molar-refractivity contribution in [1.29, 1.82) is 0 Å². The molecule has 1 rings (SSSR count). The first-order valence-corrected chi connectivity index (χ1v) is 7.02. The Morgan fingerprint density at radius 2 is 1.89 bits per heavy atom. The van der Waals surface area contributed by atoms with Crippen molar-refractivity contribution in [2.24, 2.45) is 0 Å². The lowest BCUT2D eigenvalue weighted by atomic mass is 10.1. The molecule has 0 amide bonds. The van der Waals surface area contributed by atoms with E-state index in [2.05, 4.69) is 62.3 Å². The van der Waals surface area contributed by atoms with Gasteiger partial charge in [-0.3, -0.25) is 0 Å². The lowest BCUT2D eigenvalue weighted by Gasteiger charge is -2.26. The van der Waals surface area contributed by atoms with Crippen molar-refractivity contribution in [3.05, 3.63) is 29.8 Å². The van der Waals surface area contributed by atoms with Gasteiger partial charge in [-0.1, -0.05) is 18.2 Å². The van der Waals surface area contributed by atoms with Crippen LogP contribution in [0.4, 0.5) is 5.69 Å². The van der Waals surface area contributed by atoms with Crippen LogP contribution < -0.4 is 10.2 Å². The molecule has 0 bridgehead atoms. The van der Waals surface area contributed by atoms with Crippen LogP contribution in [0.3, 0.4) is 0 Å². The zero-order valence-corrected chi connectivity index (χ0v) is 12.9. The van der Waals surface area contributed by atoms with Crippen molar-refractivity contribution in [2.75, 3.05) is 18.5 Å². The maximum absolute atomic E-state index is 9.39. The van der Waals surface area contributed by atoms with E-state index in [1.807, 2.05) is 6.92 Å². The van der Waals surface area contributed by atoms with E-state index in [1.54, 1.807) is 0 Å². The molecule has 0 fully saturated rings. The first kappa shape index (κ1) is 16.0. The number of nitrogens with zero attached hydrogens (tertiary/aromatic N) is 1. The molecule has 0 saturated carbocycles. The Labute approximate surface area is 117 Å². The summed E-state index contributed by atoms with van der Waals surface area (Å²) in [5.41, 5.74) is 2.65. The predicted molar refractivity (Wildman–Crippen MR) is 82.6 cm³/mol. The predicted octanol–water partition coefficient (Wildman–Crippen LogP) is 2.78. The van der Waals surface area contributed by atoms with Crippen LogP contribution in [-0.2, 0) is 6.54 Å². The molecule has 1 aromatic carbocycles. The number of anilines is 1. The summed E-state index contributed by atoms with van der Waals surface area (Å²) in [5.74, 6) is 0. The first-order chi connectivity index (χ1) is 8.79. The average Bonchev–Trinajstić information content (AvgIpc) is 2.33. The Morgan fingerprint density at radius 1 is 1.26 bits per heavy atom. The van der Waals surface area contributed by atoms with Gasteiger partial charge in [0, 0.05) is 31.4 Å². The highest BCUT2D eigenvalue weighted by molar-refractivity contribution is 5.53. The highest BCUT2D eigenvalue weighted by atomic mass is 16.3. The van der Waals surface area contributed by atoms with Gasteiger partial charge in [0.1, 0.15) is 0 Å². The summed E-state index contributed by atoms with van der Waals surface area (Å²) in [6.07, 6.45) is 0.541. The standard InChI is InChI=1S/C16H28N2O/c1-13(19)10-11-18(5)15-9-7-6-8-14(15)12-17-16(2,3)4/h6-9,13,17,19H,10-12H2,1-5H3. The lowest BCUT2D eigenvalue weighted by Crippen LogP contribution is -2.35. The Balaban J connectivity index is 2.72. The molecule has 108 valence electrons. The number of aliphatic hydroxyl groups excluding tert-OH is 1. The minimum absolute atomic E-state index is 0.116. The molecule has 1 aromatic rings. The molecule has 2 N–H and O–H groups in total. The summed E-state index contributed by atoms with van der Waals surface area (Å²) >= 11 is 0. The normalized spacial score (nSPS) is 13.4. The molecular formula is C16H28N2O. The average molecular weight is 264 g/mol. The second-order valence-electron chi connectivity index (χ2n) is 6.29. The minimum atomic E-state index is -0.248. The fourth-order valence-electron chi connectivity index (χ4n) is 1.89. The third-order valence-electron chi connectivity index (χ3n) is 3.09. The molecule has 0 aliphatic carbocycles. The molecular weight excluding hydrogens is 236 g/mol. The van der Waals surface area contributed by atoms with Crippen molar-refractivity contribution in [2.45, 2.75) is 52.3 Å². The highest BCUT2D eigenvalue weighted by Gasteiger charge is 2.12. The summed E-state index contributed by atoms with van der Waals surface area (Å²) in [4.78, 5) is 2.21. The molecule has 1 atom stereocenters. The summed E-state index contributed by atoms with van der Waals surface area (Å²) in [6, 6.07) is 8.44. The third kappa shape index (κ3) is 6.08. The van der Waals surface area contributed by atoms with Gasteiger partial charge in [0.05, 0.1) is 6.10 Å². The second-order valence-corrected chi connectivity index (χ2v) is 6.29. The fraction of sp³-hybridized carbons (Fsp3) is 0.625. The van der Waals surface area contributed by atoms with Gasteiger partial charge in [-0.25, -0.2) is 0 Å². The van der Waals surface area contributed by atoms with Crippen LogP contribution in [0.15, 0.2) is 24.3 Å². The number of rotatable bonds is 6. The number of benzene rings is 1. The van der Waals surface area contributed by atoms with Crippen molar-refractivity contribution in [3.63, 3.8) is 0 Å². The molecule has 3 heteroatoms. The van der Waals surface area contributed by atoms with E-state index in [0.717, 1.165) is 19.5 Å². The van der Waals surface area contributed by atoms with E-state index < -0.39 is 0 Å². The molecule has 0 saturated heterocycles. The summed E-state index contributed by atoms with van der Waals surface area (Å²) in [7, 11) is 2.08. The van der Waals surface area contributed by atoms with Crippen LogP contribution in [0.25, 0.3) is 0 Å². The van der Waals surface area contributed by atoms with Crippen LogP contribution in [0.1, 0.15) is 39.7 Å². The molecule has 0 aliphatic heterocycles. The number of hydrogen-bond acceptors (Lipinski definition) is 3. The molecule has 0 spiro atoms. The monoisotopic (exact) mass is 264 g/mol. The van der Waals surface area contributed by atoms with Crippen molar-refractivity contribution in [3.8, 4) is 0 Å². The summed E-state index contributed by atoms with van der Waals surface area (Å²) < 4.78 is 0. The van der Waals surface area contributed by atoms with E-state index in [9.17, 15) is 5.11 Å². The first-order valence-electron chi connectivity index (χ1n) is 7.02. The van der Waals surface area contributed by atoms with Gasteiger partial charge < -0.3 is 15.3 Å². The molecule has 0 radical (unpaired) electrons. The Hall–Kier alpha value is -1.06. The molecule has 0 aromatic heterocycles. The van der Waals surface area contributed by atoms with E-state index in [4.69, 9.17) is 0 Å².